The van der Waals surface area contributed by atoms with E-state index in [0.717, 1.165) is 27.8 Å². The summed E-state index contributed by atoms with van der Waals surface area (Å²) in [4.78, 5) is 20.8. The molecule has 0 spiro atoms. The Kier molecular flexibility index (Phi) is 6.93. The van der Waals surface area contributed by atoms with Crippen LogP contribution in [0, 0.1) is 19.7 Å². The van der Waals surface area contributed by atoms with Crippen LogP contribution in [0.5, 0.6) is 0 Å². The predicted octanol–water partition coefficient (Wildman–Crippen LogP) is 3.76. The number of aliphatic hydroxyl groups is 1. The highest BCUT2D eigenvalue weighted by molar-refractivity contribution is 7.58. The van der Waals surface area contributed by atoms with Crippen molar-refractivity contribution < 1.29 is 28.9 Å². The molecular weight excluding hydrogens is 370 g/mol. The van der Waals surface area contributed by atoms with E-state index in [2.05, 4.69) is 0 Å². The van der Waals surface area contributed by atoms with E-state index in [0.29, 0.717) is 6.42 Å². The summed E-state index contributed by atoms with van der Waals surface area (Å²) >= 11 is 0. The zero-order chi connectivity index (χ0) is 20.2. The Hall–Kier alpha value is -2.01. The molecular formula is C20H24FO5P. The molecule has 0 aliphatic heterocycles. The van der Waals surface area contributed by atoms with Crippen LogP contribution in [0.15, 0.2) is 36.4 Å². The lowest BCUT2D eigenvalue weighted by atomic mass is 9.92. The molecule has 3 N–H and O–H groups in total. The number of halogens is 1. The first-order chi connectivity index (χ1) is 12.6. The maximum Gasteiger partial charge on any atom is 0.305 e. The summed E-state index contributed by atoms with van der Waals surface area (Å²) in [6.07, 6.45) is -2.13. The van der Waals surface area contributed by atoms with Crippen LogP contribution in [0.3, 0.4) is 0 Å². The molecule has 2 atom stereocenters. The lowest BCUT2D eigenvalue weighted by Crippen LogP contribution is -2.18. The number of hydrogen-bond acceptors (Lipinski definition) is 3. The van der Waals surface area contributed by atoms with Gasteiger partial charge < -0.3 is 15.1 Å². The van der Waals surface area contributed by atoms with Crippen molar-refractivity contribution in [3.63, 3.8) is 0 Å². The highest BCUT2D eigenvalue weighted by Crippen LogP contribution is 2.43. The standard InChI is InChI=1S/C20H24FO5P/c1-13-9-14(2)18(19(10-13)15-3-5-16(21)6-4-15)7-8-27(25,26)12-17(22)11-20(23)24/h3-6,9-10,17,22H,7-8,11-12H2,1-2H3,(H,23,24)(H,25,26). The minimum Gasteiger partial charge on any atom is -0.481 e. The van der Waals surface area contributed by atoms with Gasteiger partial charge in [0.25, 0.3) is 0 Å². The lowest BCUT2D eigenvalue weighted by Gasteiger charge is -2.18. The van der Waals surface area contributed by atoms with E-state index in [9.17, 15) is 23.7 Å². The minimum atomic E-state index is -3.69. The fraction of sp³-hybridized carbons (Fsp3) is 0.350. The second kappa shape index (κ2) is 8.79. The fourth-order valence-electron chi connectivity index (χ4n) is 3.19. The SMILES string of the molecule is Cc1cc(C)c(CCP(=O)(O)CC(O)CC(=O)O)c(-c2ccc(F)cc2)c1. The van der Waals surface area contributed by atoms with E-state index in [1.165, 1.54) is 12.1 Å². The molecule has 0 radical (unpaired) electrons. The number of aliphatic hydroxyl groups excluding tert-OH is 1. The number of rotatable bonds is 8. The topological polar surface area (TPSA) is 94.8 Å². The number of carbonyl (C=O) groups is 1. The van der Waals surface area contributed by atoms with Crippen LogP contribution >= 0.6 is 7.37 Å². The van der Waals surface area contributed by atoms with Crippen molar-refractivity contribution in [3.05, 3.63) is 58.9 Å². The maximum atomic E-state index is 13.2. The van der Waals surface area contributed by atoms with E-state index >= 15 is 0 Å². The van der Waals surface area contributed by atoms with Crippen LogP contribution in [0.25, 0.3) is 11.1 Å². The maximum absolute atomic E-state index is 13.2. The van der Waals surface area contributed by atoms with Gasteiger partial charge in [-0.15, -0.1) is 0 Å². The summed E-state index contributed by atoms with van der Waals surface area (Å²) < 4.78 is 25.6. The monoisotopic (exact) mass is 394 g/mol. The molecule has 0 saturated heterocycles. The average Bonchev–Trinajstić information content (AvgIpc) is 2.52. The Morgan fingerprint density at radius 3 is 2.41 bits per heavy atom. The van der Waals surface area contributed by atoms with E-state index in [-0.39, 0.29) is 12.0 Å². The number of aliphatic carboxylic acids is 1. The van der Waals surface area contributed by atoms with E-state index in [4.69, 9.17) is 5.11 Å². The number of benzene rings is 2. The molecule has 0 bridgehead atoms. The van der Waals surface area contributed by atoms with Gasteiger partial charge in [0, 0.05) is 6.16 Å². The number of aryl methyl sites for hydroxylation is 2. The quantitative estimate of drug-likeness (QED) is 0.593. The minimum absolute atomic E-state index is 0.0677. The van der Waals surface area contributed by atoms with Gasteiger partial charge in [-0.3, -0.25) is 9.36 Å². The van der Waals surface area contributed by atoms with Crippen LogP contribution in [0.2, 0.25) is 0 Å². The Morgan fingerprint density at radius 2 is 1.81 bits per heavy atom. The van der Waals surface area contributed by atoms with E-state index in [1.807, 2.05) is 26.0 Å². The smallest absolute Gasteiger partial charge is 0.305 e. The van der Waals surface area contributed by atoms with E-state index < -0.39 is 32.0 Å². The molecule has 0 amide bonds. The molecule has 0 fully saturated rings. The first kappa shape index (κ1) is 21.3. The summed E-state index contributed by atoms with van der Waals surface area (Å²) in [5.41, 5.74) is 4.56. The van der Waals surface area contributed by atoms with E-state index in [1.54, 1.807) is 12.1 Å². The van der Waals surface area contributed by atoms with Crippen LogP contribution < -0.4 is 0 Å². The third kappa shape index (κ3) is 6.28. The van der Waals surface area contributed by atoms with Gasteiger partial charge in [0.2, 0.25) is 7.37 Å². The Balaban J connectivity index is 2.24. The van der Waals surface area contributed by atoms with Crippen molar-refractivity contribution in [2.24, 2.45) is 0 Å². The first-order valence-corrected chi connectivity index (χ1v) is 10.7. The summed E-state index contributed by atoms with van der Waals surface area (Å²) in [5, 5.41) is 18.3. The molecule has 2 aromatic carbocycles. The molecule has 0 aromatic heterocycles. The highest BCUT2D eigenvalue weighted by atomic mass is 31.2. The summed E-state index contributed by atoms with van der Waals surface area (Å²) in [7, 11) is -3.69. The third-order valence-electron chi connectivity index (χ3n) is 4.39. The second-order valence-corrected chi connectivity index (χ2v) is 9.37. The van der Waals surface area contributed by atoms with Crippen LogP contribution in [-0.2, 0) is 15.8 Å². The largest absolute Gasteiger partial charge is 0.481 e. The zero-order valence-corrected chi connectivity index (χ0v) is 16.2. The lowest BCUT2D eigenvalue weighted by molar-refractivity contribution is -0.138. The molecule has 5 nitrogen and oxygen atoms in total. The molecule has 0 heterocycles. The molecule has 7 heteroatoms. The predicted molar refractivity (Wildman–Crippen MR) is 103 cm³/mol. The first-order valence-electron chi connectivity index (χ1n) is 8.64. The van der Waals surface area contributed by atoms with Gasteiger partial charge in [-0.1, -0.05) is 29.8 Å². The van der Waals surface area contributed by atoms with Crippen LogP contribution in [-0.4, -0.2) is 39.5 Å². The van der Waals surface area contributed by atoms with Crippen molar-refractivity contribution >= 4 is 13.3 Å². The Labute approximate surface area is 157 Å². The summed E-state index contributed by atoms with van der Waals surface area (Å²) in [5.74, 6) is -1.55. The Bertz CT molecular complexity index is 863. The van der Waals surface area contributed by atoms with Crippen molar-refractivity contribution in [1.82, 2.24) is 0 Å². The van der Waals surface area contributed by atoms with Gasteiger partial charge in [-0.25, -0.2) is 4.39 Å². The van der Waals surface area contributed by atoms with Crippen LogP contribution in [0.4, 0.5) is 4.39 Å². The Morgan fingerprint density at radius 1 is 1.19 bits per heavy atom. The average molecular weight is 394 g/mol. The van der Waals surface area contributed by atoms with Crippen molar-refractivity contribution in [3.8, 4) is 11.1 Å². The van der Waals surface area contributed by atoms with Crippen LogP contribution in [0.1, 0.15) is 23.1 Å². The number of carboxylic acids is 1. The molecule has 0 saturated carbocycles. The van der Waals surface area contributed by atoms with Gasteiger partial charge in [-0.2, -0.15) is 0 Å². The zero-order valence-electron chi connectivity index (χ0n) is 15.4. The van der Waals surface area contributed by atoms with Gasteiger partial charge >= 0.3 is 5.97 Å². The molecule has 0 aliphatic rings. The summed E-state index contributed by atoms with van der Waals surface area (Å²) in [6, 6.07) is 10.0. The number of hydrogen-bond donors (Lipinski definition) is 3. The molecule has 0 aliphatic carbocycles. The van der Waals surface area contributed by atoms with Gasteiger partial charge in [0.1, 0.15) is 5.82 Å². The second-order valence-electron chi connectivity index (χ2n) is 6.87. The van der Waals surface area contributed by atoms with Gasteiger partial charge in [-0.05, 0) is 54.7 Å². The fourth-order valence-corrected chi connectivity index (χ4v) is 4.73. The van der Waals surface area contributed by atoms with Gasteiger partial charge in [0.05, 0.1) is 18.7 Å². The molecule has 146 valence electrons. The van der Waals surface area contributed by atoms with Crippen molar-refractivity contribution in [2.75, 3.05) is 12.3 Å². The molecule has 2 unspecified atom stereocenters. The third-order valence-corrected chi connectivity index (χ3v) is 6.30. The highest BCUT2D eigenvalue weighted by Gasteiger charge is 2.25. The van der Waals surface area contributed by atoms with Crippen molar-refractivity contribution in [1.29, 1.82) is 0 Å². The van der Waals surface area contributed by atoms with Gasteiger partial charge in [0.15, 0.2) is 0 Å². The molecule has 2 rings (SSSR count). The number of carboxylic acid groups (broad SMARTS) is 1. The normalized spacial score (nSPS) is 14.6. The summed E-state index contributed by atoms with van der Waals surface area (Å²) in [6.45, 7) is 3.86. The van der Waals surface area contributed by atoms with Crippen molar-refractivity contribution in [2.45, 2.75) is 32.8 Å². The molecule has 27 heavy (non-hydrogen) atoms. The molecule has 2 aromatic rings.